The number of hydrogen-bond acceptors (Lipinski definition) is 5. The molecule has 3 heterocycles. The molecule has 0 aliphatic carbocycles. The molecular weight excluding hydrogens is 336 g/mol. The van der Waals surface area contributed by atoms with E-state index in [1.165, 1.54) is 11.3 Å². The van der Waals surface area contributed by atoms with Crippen molar-refractivity contribution in [1.29, 1.82) is 0 Å². The highest BCUT2D eigenvalue weighted by atomic mass is 32.1. The lowest BCUT2D eigenvalue weighted by molar-refractivity contribution is -0.125. The first-order valence-electron chi connectivity index (χ1n) is 8.34. The van der Waals surface area contributed by atoms with Gasteiger partial charge in [-0.3, -0.25) is 9.20 Å². The Kier molecular flexibility index (Phi) is 4.29. The molecule has 2 aromatic heterocycles. The van der Waals surface area contributed by atoms with Gasteiger partial charge in [0.1, 0.15) is 0 Å². The summed E-state index contributed by atoms with van der Waals surface area (Å²) >= 11 is 1.54. The predicted octanol–water partition coefficient (Wildman–Crippen LogP) is 1.30. The number of aliphatic hydroxyl groups excluding tert-OH is 1. The molecule has 0 spiro atoms. The molecule has 1 fully saturated rings. The monoisotopic (exact) mass is 356 g/mol. The normalized spacial score (nSPS) is 23.6. The minimum atomic E-state index is -0.763. The third kappa shape index (κ3) is 3.06. The van der Waals surface area contributed by atoms with Gasteiger partial charge in [-0.1, -0.05) is 30.3 Å². The summed E-state index contributed by atoms with van der Waals surface area (Å²) in [4.78, 5) is 18.1. The standard InChI is InChI=1S/C18H20N4O2S/c23-15-11-19-7-6-18(15,13-4-2-1-3-5-13)21-16(24)10-14-12-22-8-9-25-17(22)20-14/h1-5,8-9,12,15,19,23H,6-7,10-11H2,(H,21,24)/t15-,18+/m1/s1. The van der Waals surface area contributed by atoms with E-state index in [2.05, 4.69) is 15.6 Å². The summed E-state index contributed by atoms with van der Waals surface area (Å²) in [6.45, 7) is 1.20. The van der Waals surface area contributed by atoms with Crippen molar-refractivity contribution in [3.8, 4) is 0 Å². The molecule has 6 nitrogen and oxygen atoms in total. The van der Waals surface area contributed by atoms with E-state index < -0.39 is 11.6 Å². The lowest BCUT2D eigenvalue weighted by Crippen LogP contribution is -2.61. The van der Waals surface area contributed by atoms with Gasteiger partial charge in [-0.2, -0.15) is 0 Å². The molecule has 1 aliphatic heterocycles. The summed E-state index contributed by atoms with van der Waals surface area (Å²) < 4.78 is 1.92. The second-order valence-electron chi connectivity index (χ2n) is 6.36. The summed E-state index contributed by atoms with van der Waals surface area (Å²) in [5.74, 6) is -0.129. The van der Waals surface area contributed by atoms with Crippen molar-refractivity contribution in [2.24, 2.45) is 0 Å². The van der Waals surface area contributed by atoms with Gasteiger partial charge in [0.25, 0.3) is 0 Å². The number of β-amino-alcohol motifs (C(OH)–C–C–N with tert-alkyl or cyclic N) is 1. The highest BCUT2D eigenvalue weighted by molar-refractivity contribution is 7.15. The van der Waals surface area contributed by atoms with Gasteiger partial charge >= 0.3 is 0 Å². The molecule has 3 aromatic rings. The van der Waals surface area contributed by atoms with Crippen molar-refractivity contribution in [2.75, 3.05) is 13.1 Å². The van der Waals surface area contributed by atoms with Crippen LogP contribution < -0.4 is 10.6 Å². The third-order valence-corrected chi connectivity index (χ3v) is 5.51. The lowest BCUT2D eigenvalue weighted by atomic mass is 9.79. The first-order chi connectivity index (χ1) is 12.2. The summed E-state index contributed by atoms with van der Waals surface area (Å²) in [5.41, 5.74) is 0.903. The van der Waals surface area contributed by atoms with Crippen molar-refractivity contribution in [1.82, 2.24) is 20.0 Å². The smallest absolute Gasteiger partial charge is 0.226 e. The van der Waals surface area contributed by atoms with E-state index in [9.17, 15) is 9.90 Å². The van der Waals surface area contributed by atoms with Gasteiger partial charge in [-0.05, 0) is 18.5 Å². The molecule has 130 valence electrons. The van der Waals surface area contributed by atoms with Gasteiger partial charge in [0, 0.05) is 24.3 Å². The maximum Gasteiger partial charge on any atom is 0.226 e. The number of nitrogens with one attached hydrogen (secondary N) is 2. The molecule has 4 rings (SSSR count). The van der Waals surface area contributed by atoms with Crippen LogP contribution in [0.5, 0.6) is 0 Å². The topological polar surface area (TPSA) is 78.7 Å². The van der Waals surface area contributed by atoms with Gasteiger partial charge in [0.2, 0.25) is 5.91 Å². The van der Waals surface area contributed by atoms with E-state index in [1.807, 2.05) is 52.5 Å². The number of carbonyl (C=O) groups excluding carboxylic acids is 1. The second kappa shape index (κ2) is 6.59. The Morgan fingerprint density at radius 1 is 1.44 bits per heavy atom. The average molecular weight is 356 g/mol. The number of nitrogens with zero attached hydrogens (tertiary/aromatic N) is 2. The second-order valence-corrected chi connectivity index (χ2v) is 7.23. The number of imidazole rings is 1. The zero-order valence-electron chi connectivity index (χ0n) is 13.7. The van der Waals surface area contributed by atoms with Crippen LogP contribution in [0.3, 0.4) is 0 Å². The van der Waals surface area contributed by atoms with Crippen molar-refractivity contribution in [2.45, 2.75) is 24.5 Å². The number of carbonyl (C=O) groups is 1. The van der Waals surface area contributed by atoms with Gasteiger partial charge in [-0.15, -0.1) is 11.3 Å². The Balaban J connectivity index is 1.57. The third-order valence-electron chi connectivity index (χ3n) is 4.74. The largest absolute Gasteiger partial charge is 0.389 e. The maximum absolute atomic E-state index is 12.7. The first kappa shape index (κ1) is 16.3. The summed E-state index contributed by atoms with van der Waals surface area (Å²) in [6.07, 6.45) is 3.96. The Morgan fingerprint density at radius 3 is 3.04 bits per heavy atom. The van der Waals surface area contributed by atoms with Gasteiger partial charge in [0.05, 0.1) is 23.8 Å². The predicted molar refractivity (Wildman–Crippen MR) is 96.5 cm³/mol. The van der Waals surface area contributed by atoms with Crippen LogP contribution in [0.2, 0.25) is 0 Å². The van der Waals surface area contributed by atoms with Crippen LogP contribution in [0.4, 0.5) is 0 Å². The van der Waals surface area contributed by atoms with E-state index in [4.69, 9.17) is 0 Å². The quantitative estimate of drug-likeness (QED) is 0.659. The van der Waals surface area contributed by atoms with Crippen LogP contribution in [-0.4, -0.2) is 39.6 Å². The van der Waals surface area contributed by atoms with Gasteiger partial charge in [-0.25, -0.2) is 4.98 Å². The summed E-state index contributed by atoms with van der Waals surface area (Å²) in [5, 5.41) is 18.9. The Labute approximate surface area is 149 Å². The number of benzene rings is 1. The molecular formula is C18H20N4O2S. The Morgan fingerprint density at radius 2 is 2.28 bits per heavy atom. The number of hydrogen-bond donors (Lipinski definition) is 3. The number of fused-ring (bicyclic) bond motifs is 1. The molecule has 0 radical (unpaired) electrons. The molecule has 1 amide bonds. The highest BCUT2D eigenvalue weighted by Crippen LogP contribution is 2.31. The molecule has 3 N–H and O–H groups in total. The van der Waals surface area contributed by atoms with E-state index >= 15 is 0 Å². The highest BCUT2D eigenvalue weighted by Gasteiger charge is 2.42. The summed E-state index contributed by atoms with van der Waals surface area (Å²) in [6, 6.07) is 9.72. The SMILES string of the molecule is O=C(Cc1cn2ccsc2n1)N[C@]1(c2ccccc2)CCNC[C@H]1O. The molecule has 1 saturated heterocycles. The van der Waals surface area contributed by atoms with Crippen molar-refractivity contribution in [3.05, 3.63) is 59.4 Å². The molecule has 0 bridgehead atoms. The number of rotatable bonds is 4. The minimum Gasteiger partial charge on any atom is -0.389 e. The fourth-order valence-electron chi connectivity index (χ4n) is 3.47. The van der Waals surface area contributed by atoms with Crippen LogP contribution in [-0.2, 0) is 16.8 Å². The number of piperidine rings is 1. The van der Waals surface area contributed by atoms with Crippen LogP contribution in [0, 0.1) is 0 Å². The molecule has 0 saturated carbocycles. The van der Waals surface area contributed by atoms with Gasteiger partial charge < -0.3 is 15.7 Å². The molecule has 0 unspecified atom stereocenters. The molecule has 1 aromatic carbocycles. The van der Waals surface area contributed by atoms with E-state index in [1.54, 1.807) is 0 Å². The summed E-state index contributed by atoms with van der Waals surface area (Å²) in [7, 11) is 0. The molecule has 1 aliphatic rings. The van der Waals surface area contributed by atoms with E-state index in [-0.39, 0.29) is 12.3 Å². The van der Waals surface area contributed by atoms with Crippen LogP contribution in [0.15, 0.2) is 48.1 Å². The molecule has 25 heavy (non-hydrogen) atoms. The van der Waals surface area contributed by atoms with Crippen LogP contribution in [0.1, 0.15) is 17.7 Å². The van der Waals surface area contributed by atoms with E-state index in [0.717, 1.165) is 22.8 Å². The van der Waals surface area contributed by atoms with Crippen molar-refractivity contribution in [3.63, 3.8) is 0 Å². The minimum absolute atomic E-state index is 0.129. The van der Waals surface area contributed by atoms with E-state index in [0.29, 0.717) is 13.0 Å². The maximum atomic E-state index is 12.7. The number of aliphatic hydroxyl groups is 1. The van der Waals surface area contributed by atoms with Crippen LogP contribution in [0.25, 0.3) is 4.96 Å². The zero-order valence-corrected chi connectivity index (χ0v) is 14.5. The lowest BCUT2D eigenvalue weighted by Gasteiger charge is -2.43. The number of amides is 1. The van der Waals surface area contributed by atoms with Crippen molar-refractivity contribution < 1.29 is 9.90 Å². The number of aromatic nitrogens is 2. The molecule has 7 heteroatoms. The van der Waals surface area contributed by atoms with Crippen LogP contribution >= 0.6 is 11.3 Å². The zero-order chi connectivity index (χ0) is 17.3. The Bertz CT molecular complexity index is 847. The Hall–Kier alpha value is -2.22. The first-order valence-corrected chi connectivity index (χ1v) is 9.22. The van der Waals surface area contributed by atoms with Crippen molar-refractivity contribution >= 4 is 22.2 Å². The fourth-order valence-corrected chi connectivity index (χ4v) is 4.19. The molecule has 2 atom stereocenters. The van der Waals surface area contributed by atoms with Gasteiger partial charge in [0.15, 0.2) is 4.96 Å². The number of thiazole rings is 1. The average Bonchev–Trinajstić information content (AvgIpc) is 3.19. The fraction of sp³-hybridized carbons (Fsp3) is 0.333.